The molecule has 0 unspecified atom stereocenters. The van der Waals surface area contributed by atoms with E-state index in [0.717, 1.165) is 0 Å². The van der Waals surface area contributed by atoms with Gasteiger partial charge in [-0.25, -0.2) is 9.18 Å². The van der Waals surface area contributed by atoms with Crippen LogP contribution in [-0.2, 0) is 10.3 Å². The normalized spacial score (nSPS) is 24.8. The van der Waals surface area contributed by atoms with Gasteiger partial charge in [0.25, 0.3) is 0 Å². The van der Waals surface area contributed by atoms with E-state index in [-0.39, 0.29) is 25.3 Å². The zero-order chi connectivity index (χ0) is 17.4. The summed E-state index contributed by atoms with van der Waals surface area (Å²) in [6, 6.07) is 4.49. The minimum Gasteiger partial charge on any atom is -0.444 e. The topological polar surface area (TPSA) is 75.8 Å². The average molecular weight is 389 g/mol. The number of hydrogen-bond donors (Lipinski definition) is 2. The molecular formula is C16H22BrFN2O3. The van der Waals surface area contributed by atoms with Crippen molar-refractivity contribution >= 4 is 22.0 Å². The van der Waals surface area contributed by atoms with Gasteiger partial charge in [-0.05, 0) is 39.0 Å². The lowest BCUT2D eigenvalue weighted by molar-refractivity contribution is 0.0279. The summed E-state index contributed by atoms with van der Waals surface area (Å²) in [5, 5.41) is 9.66. The molecule has 1 amide bonds. The highest BCUT2D eigenvalue weighted by atomic mass is 79.9. The fourth-order valence-corrected chi connectivity index (χ4v) is 3.14. The van der Waals surface area contributed by atoms with Crippen LogP contribution in [0.5, 0.6) is 0 Å². The Bertz CT molecular complexity index is 605. The Morgan fingerprint density at radius 3 is 2.78 bits per heavy atom. The Morgan fingerprint density at radius 2 is 2.22 bits per heavy atom. The molecule has 0 aromatic heterocycles. The van der Waals surface area contributed by atoms with Crippen molar-refractivity contribution in [1.82, 2.24) is 4.90 Å². The number of aliphatic hydroxyl groups excluding tert-OH is 1. The molecule has 3 N–H and O–H groups in total. The molecule has 128 valence electrons. The van der Waals surface area contributed by atoms with Gasteiger partial charge in [0.05, 0.1) is 5.54 Å². The lowest BCUT2D eigenvalue weighted by Crippen LogP contribution is -2.47. The van der Waals surface area contributed by atoms with Gasteiger partial charge in [0.2, 0.25) is 0 Å². The van der Waals surface area contributed by atoms with E-state index in [1.165, 1.54) is 11.0 Å². The molecule has 0 spiro atoms. The number of nitrogens with two attached hydrogens (primary N) is 1. The molecule has 1 fully saturated rings. The van der Waals surface area contributed by atoms with Crippen LogP contribution in [0.4, 0.5) is 9.18 Å². The molecule has 0 saturated carbocycles. The molecule has 7 heteroatoms. The second kappa shape index (κ2) is 6.37. The third kappa shape index (κ3) is 3.84. The number of nitrogens with zero attached hydrogens (tertiary/aromatic N) is 1. The Kier molecular flexibility index (Phi) is 5.03. The van der Waals surface area contributed by atoms with Gasteiger partial charge in [-0.3, -0.25) is 0 Å². The molecule has 2 rings (SSSR count). The first-order valence-corrected chi connectivity index (χ1v) is 8.19. The van der Waals surface area contributed by atoms with Crippen LogP contribution in [0.3, 0.4) is 0 Å². The van der Waals surface area contributed by atoms with Gasteiger partial charge >= 0.3 is 6.09 Å². The van der Waals surface area contributed by atoms with Gasteiger partial charge in [-0.2, -0.15) is 0 Å². The number of likely N-dealkylation sites (tertiary alicyclic amines) is 1. The Morgan fingerprint density at radius 1 is 1.57 bits per heavy atom. The molecule has 0 aliphatic carbocycles. The Hall–Kier alpha value is -1.18. The second-order valence-corrected chi connectivity index (χ2v) is 7.82. The van der Waals surface area contributed by atoms with E-state index < -0.39 is 29.0 Å². The molecule has 23 heavy (non-hydrogen) atoms. The molecule has 0 bridgehead atoms. The van der Waals surface area contributed by atoms with Crippen molar-refractivity contribution in [3.05, 3.63) is 34.1 Å². The molecular weight excluding hydrogens is 367 g/mol. The highest BCUT2D eigenvalue weighted by molar-refractivity contribution is 9.10. The van der Waals surface area contributed by atoms with E-state index in [1.54, 1.807) is 32.9 Å². The molecule has 1 heterocycles. The fraction of sp³-hybridized carbons (Fsp3) is 0.562. The fourth-order valence-electron chi connectivity index (χ4n) is 2.78. The number of aliphatic hydroxyl groups is 1. The van der Waals surface area contributed by atoms with E-state index in [9.17, 15) is 14.3 Å². The van der Waals surface area contributed by atoms with Crippen molar-refractivity contribution in [2.24, 2.45) is 11.7 Å². The Balaban J connectivity index is 2.31. The zero-order valence-electron chi connectivity index (χ0n) is 13.5. The lowest BCUT2D eigenvalue weighted by atomic mass is 9.81. The van der Waals surface area contributed by atoms with Crippen molar-refractivity contribution < 1.29 is 19.0 Å². The number of amides is 1. The van der Waals surface area contributed by atoms with E-state index in [2.05, 4.69) is 15.9 Å². The van der Waals surface area contributed by atoms with Gasteiger partial charge in [0, 0.05) is 35.7 Å². The first-order valence-electron chi connectivity index (χ1n) is 7.40. The van der Waals surface area contributed by atoms with E-state index in [1.807, 2.05) is 0 Å². The molecule has 1 aromatic rings. The quantitative estimate of drug-likeness (QED) is 0.816. The number of halogens is 2. The van der Waals surface area contributed by atoms with E-state index >= 15 is 0 Å². The van der Waals surface area contributed by atoms with Crippen LogP contribution in [0.15, 0.2) is 22.7 Å². The summed E-state index contributed by atoms with van der Waals surface area (Å²) in [5.41, 5.74) is 4.90. The van der Waals surface area contributed by atoms with Crippen molar-refractivity contribution in [1.29, 1.82) is 0 Å². The molecule has 1 aliphatic rings. The summed E-state index contributed by atoms with van der Waals surface area (Å²) in [4.78, 5) is 13.7. The third-order valence-electron chi connectivity index (χ3n) is 3.92. The van der Waals surface area contributed by atoms with Crippen LogP contribution in [0.25, 0.3) is 0 Å². The highest BCUT2D eigenvalue weighted by Gasteiger charge is 2.48. The third-order valence-corrected chi connectivity index (χ3v) is 4.42. The number of ether oxygens (including phenoxy) is 1. The van der Waals surface area contributed by atoms with Crippen LogP contribution < -0.4 is 5.73 Å². The monoisotopic (exact) mass is 388 g/mol. The zero-order valence-corrected chi connectivity index (χ0v) is 15.1. The first-order chi connectivity index (χ1) is 10.6. The van der Waals surface area contributed by atoms with E-state index in [0.29, 0.717) is 4.47 Å². The van der Waals surface area contributed by atoms with Gasteiger partial charge in [-0.1, -0.05) is 15.9 Å². The van der Waals surface area contributed by atoms with Crippen molar-refractivity contribution in [2.45, 2.75) is 31.9 Å². The highest BCUT2D eigenvalue weighted by Crippen LogP contribution is 2.37. The average Bonchev–Trinajstić information content (AvgIpc) is 2.78. The number of rotatable bonds is 2. The maximum Gasteiger partial charge on any atom is 0.410 e. The van der Waals surface area contributed by atoms with E-state index in [4.69, 9.17) is 10.5 Å². The first kappa shape index (κ1) is 18.2. The summed E-state index contributed by atoms with van der Waals surface area (Å²) >= 11 is 3.30. The predicted molar refractivity (Wildman–Crippen MR) is 88.3 cm³/mol. The number of benzene rings is 1. The second-order valence-electron chi connectivity index (χ2n) is 6.90. The standard InChI is InChI=1S/C16H22BrFN2O3/c1-15(2,3)23-14(22)20-7-10(8-21)16(19,9-20)12-6-11(17)4-5-13(12)18/h4-6,10,21H,7-9,19H2,1-3H3/t10-,16-/m0/s1. The predicted octanol–water partition coefficient (Wildman–Crippen LogP) is 2.60. The summed E-state index contributed by atoms with van der Waals surface area (Å²) in [6.45, 7) is 5.37. The van der Waals surface area contributed by atoms with Crippen LogP contribution >= 0.6 is 15.9 Å². The molecule has 1 saturated heterocycles. The van der Waals surface area contributed by atoms with Crippen LogP contribution in [-0.4, -0.2) is 41.4 Å². The maximum absolute atomic E-state index is 14.3. The SMILES string of the molecule is CC(C)(C)OC(=O)N1C[C@@H](CO)[C@](N)(c2cc(Br)ccc2F)C1. The molecule has 2 atom stereocenters. The lowest BCUT2D eigenvalue weighted by Gasteiger charge is -2.30. The van der Waals surface area contributed by atoms with Crippen LogP contribution in [0, 0.1) is 11.7 Å². The Labute approximate surface area is 143 Å². The van der Waals surface area contributed by atoms with Crippen molar-refractivity contribution in [3.63, 3.8) is 0 Å². The smallest absolute Gasteiger partial charge is 0.410 e. The largest absolute Gasteiger partial charge is 0.444 e. The molecule has 1 aliphatic heterocycles. The minimum atomic E-state index is -1.17. The summed E-state index contributed by atoms with van der Waals surface area (Å²) in [6.07, 6.45) is -0.515. The minimum absolute atomic E-state index is 0.0838. The van der Waals surface area contributed by atoms with Crippen LogP contribution in [0.2, 0.25) is 0 Å². The van der Waals surface area contributed by atoms with Crippen molar-refractivity contribution in [3.8, 4) is 0 Å². The van der Waals surface area contributed by atoms with Gasteiger partial charge in [0.1, 0.15) is 11.4 Å². The summed E-state index contributed by atoms with van der Waals surface area (Å²) < 4.78 is 20.3. The van der Waals surface area contributed by atoms with Gasteiger partial charge < -0.3 is 20.5 Å². The number of carbonyl (C=O) groups is 1. The van der Waals surface area contributed by atoms with Crippen molar-refractivity contribution in [2.75, 3.05) is 19.7 Å². The summed E-state index contributed by atoms with van der Waals surface area (Å²) in [7, 11) is 0. The van der Waals surface area contributed by atoms with Gasteiger partial charge in [0.15, 0.2) is 0 Å². The van der Waals surface area contributed by atoms with Crippen LogP contribution in [0.1, 0.15) is 26.3 Å². The molecule has 0 radical (unpaired) electrons. The van der Waals surface area contributed by atoms with Gasteiger partial charge in [-0.15, -0.1) is 0 Å². The number of carbonyl (C=O) groups excluding carboxylic acids is 1. The maximum atomic E-state index is 14.3. The summed E-state index contributed by atoms with van der Waals surface area (Å²) in [5.74, 6) is -0.931. The number of hydrogen-bond acceptors (Lipinski definition) is 4. The molecule has 1 aromatic carbocycles. The molecule has 5 nitrogen and oxygen atoms in total.